The average molecular weight is 406 g/mol. The van der Waals surface area contributed by atoms with E-state index in [2.05, 4.69) is 45.5 Å². The molecule has 3 nitrogen and oxygen atoms in total. The highest BCUT2D eigenvalue weighted by atomic mass is 79.9. The van der Waals surface area contributed by atoms with Gasteiger partial charge < -0.3 is 10.1 Å². The third-order valence-electron chi connectivity index (χ3n) is 4.14. The van der Waals surface area contributed by atoms with Gasteiger partial charge in [-0.3, -0.25) is 4.79 Å². The summed E-state index contributed by atoms with van der Waals surface area (Å²) in [5.41, 5.74) is 0.677. The predicted octanol–water partition coefficient (Wildman–Crippen LogP) is 4.52. The fourth-order valence-electron chi connectivity index (χ4n) is 2.77. The minimum Gasteiger partial charge on any atom is -0.381 e. The second-order valence-electron chi connectivity index (χ2n) is 5.90. The summed E-state index contributed by atoms with van der Waals surface area (Å²) in [6.07, 6.45) is 1.87. The van der Waals surface area contributed by atoms with Gasteiger partial charge in [0.25, 0.3) is 5.91 Å². The Bertz CT molecular complexity index is 687. The van der Waals surface area contributed by atoms with Crippen LogP contribution < -0.4 is 5.32 Å². The van der Waals surface area contributed by atoms with Crippen molar-refractivity contribution in [3.05, 3.63) is 64.6 Å². The lowest BCUT2D eigenvalue weighted by atomic mass is 9.99. The van der Waals surface area contributed by atoms with Gasteiger partial charge >= 0.3 is 0 Å². The summed E-state index contributed by atoms with van der Waals surface area (Å²) in [4.78, 5) is 13.7. The number of nitrogens with one attached hydrogen (secondary N) is 1. The smallest absolute Gasteiger partial charge is 0.251 e. The Morgan fingerprint density at radius 3 is 2.58 bits per heavy atom. The van der Waals surface area contributed by atoms with Crippen molar-refractivity contribution in [1.29, 1.82) is 0 Å². The van der Waals surface area contributed by atoms with Gasteiger partial charge in [0.2, 0.25) is 0 Å². The number of amides is 1. The van der Waals surface area contributed by atoms with Crippen LogP contribution in [0.1, 0.15) is 23.2 Å². The van der Waals surface area contributed by atoms with Crippen molar-refractivity contribution in [2.45, 2.75) is 22.5 Å². The zero-order chi connectivity index (χ0) is 16.8. The van der Waals surface area contributed by atoms with E-state index in [-0.39, 0.29) is 10.7 Å². The van der Waals surface area contributed by atoms with Crippen molar-refractivity contribution in [2.75, 3.05) is 19.8 Å². The molecule has 0 aromatic heterocycles. The highest BCUT2D eigenvalue weighted by molar-refractivity contribution is 9.10. The zero-order valence-electron chi connectivity index (χ0n) is 13.3. The van der Waals surface area contributed by atoms with Crippen molar-refractivity contribution in [2.24, 2.45) is 0 Å². The van der Waals surface area contributed by atoms with Crippen LogP contribution in [0.15, 0.2) is 64.0 Å². The quantitative estimate of drug-likeness (QED) is 0.794. The molecule has 1 aliphatic heterocycles. The molecule has 1 saturated heterocycles. The zero-order valence-corrected chi connectivity index (χ0v) is 15.7. The molecule has 0 bridgehead atoms. The van der Waals surface area contributed by atoms with E-state index < -0.39 is 0 Å². The summed E-state index contributed by atoms with van der Waals surface area (Å²) < 4.78 is 6.44. The van der Waals surface area contributed by atoms with Crippen molar-refractivity contribution in [3.8, 4) is 0 Å². The first-order valence-corrected chi connectivity index (χ1v) is 9.63. The fourth-order valence-corrected chi connectivity index (χ4v) is 4.48. The maximum Gasteiger partial charge on any atom is 0.251 e. The van der Waals surface area contributed by atoms with Crippen LogP contribution in [0.3, 0.4) is 0 Å². The van der Waals surface area contributed by atoms with E-state index in [1.807, 2.05) is 42.1 Å². The molecule has 1 aliphatic rings. The minimum absolute atomic E-state index is 0.0126. The summed E-state index contributed by atoms with van der Waals surface area (Å²) in [6.45, 7) is 2.13. The number of rotatable bonds is 5. The molecule has 2 aromatic rings. The van der Waals surface area contributed by atoms with Gasteiger partial charge in [-0.1, -0.05) is 40.2 Å². The molecule has 0 atom stereocenters. The molecular formula is C19H20BrNO2S. The van der Waals surface area contributed by atoms with E-state index in [4.69, 9.17) is 4.74 Å². The Morgan fingerprint density at radius 1 is 1.12 bits per heavy atom. The van der Waals surface area contributed by atoms with E-state index in [0.717, 1.165) is 30.5 Å². The number of ether oxygens (including phenoxy) is 1. The summed E-state index contributed by atoms with van der Waals surface area (Å²) in [5.74, 6) is -0.0316. The lowest BCUT2D eigenvalue weighted by Gasteiger charge is -2.36. The Morgan fingerprint density at radius 2 is 1.88 bits per heavy atom. The third-order valence-corrected chi connectivity index (χ3v) is 6.13. The Labute approximate surface area is 155 Å². The van der Waals surface area contributed by atoms with E-state index >= 15 is 0 Å². The minimum atomic E-state index is -0.0316. The van der Waals surface area contributed by atoms with Crippen LogP contribution in [-0.4, -0.2) is 30.4 Å². The first-order chi connectivity index (χ1) is 11.7. The molecule has 24 heavy (non-hydrogen) atoms. The maximum atomic E-state index is 12.5. The van der Waals surface area contributed by atoms with Crippen LogP contribution in [0.25, 0.3) is 0 Å². The highest BCUT2D eigenvalue weighted by Gasteiger charge is 2.34. The lowest BCUT2D eigenvalue weighted by Crippen LogP contribution is -2.44. The fraction of sp³-hybridized carbons (Fsp3) is 0.316. The largest absolute Gasteiger partial charge is 0.381 e. The molecule has 5 heteroatoms. The molecular weight excluding hydrogens is 386 g/mol. The van der Waals surface area contributed by atoms with Gasteiger partial charge in [0, 0.05) is 39.4 Å². The predicted molar refractivity (Wildman–Crippen MR) is 102 cm³/mol. The van der Waals surface area contributed by atoms with Crippen molar-refractivity contribution in [3.63, 3.8) is 0 Å². The number of carbonyl (C=O) groups excluding carboxylic acids is 1. The van der Waals surface area contributed by atoms with Crippen LogP contribution in [0.4, 0.5) is 0 Å². The van der Waals surface area contributed by atoms with E-state index in [9.17, 15) is 4.79 Å². The number of carbonyl (C=O) groups is 1. The second kappa shape index (κ2) is 8.19. The van der Waals surface area contributed by atoms with Gasteiger partial charge in [-0.15, -0.1) is 11.8 Å². The average Bonchev–Trinajstić information content (AvgIpc) is 2.61. The molecule has 2 aromatic carbocycles. The molecule has 0 saturated carbocycles. The topological polar surface area (TPSA) is 38.3 Å². The molecule has 0 spiro atoms. The molecule has 1 fully saturated rings. The Balaban J connectivity index is 1.69. The number of hydrogen-bond donors (Lipinski definition) is 1. The number of hydrogen-bond acceptors (Lipinski definition) is 3. The lowest BCUT2D eigenvalue weighted by molar-refractivity contribution is 0.0741. The van der Waals surface area contributed by atoms with Crippen LogP contribution in [-0.2, 0) is 4.74 Å². The Kier molecular flexibility index (Phi) is 5.98. The van der Waals surface area contributed by atoms with Gasteiger partial charge in [0.05, 0.1) is 0 Å². The summed E-state index contributed by atoms with van der Waals surface area (Å²) in [6, 6.07) is 17.8. The van der Waals surface area contributed by atoms with Crippen LogP contribution >= 0.6 is 27.7 Å². The van der Waals surface area contributed by atoms with Crippen LogP contribution in [0, 0.1) is 0 Å². The molecule has 0 radical (unpaired) electrons. The number of halogens is 1. The molecule has 3 rings (SSSR count). The van der Waals surface area contributed by atoms with Gasteiger partial charge in [-0.2, -0.15) is 0 Å². The van der Waals surface area contributed by atoms with Gasteiger partial charge in [-0.25, -0.2) is 0 Å². The van der Waals surface area contributed by atoms with Gasteiger partial charge in [0.15, 0.2) is 0 Å². The molecule has 126 valence electrons. The molecule has 0 aliphatic carbocycles. The molecule has 1 N–H and O–H groups in total. The summed E-state index contributed by atoms with van der Waals surface area (Å²) >= 11 is 5.26. The van der Waals surface area contributed by atoms with Crippen molar-refractivity contribution < 1.29 is 9.53 Å². The summed E-state index contributed by atoms with van der Waals surface area (Å²) in [5, 5.41) is 3.12. The van der Waals surface area contributed by atoms with Crippen LogP contribution in [0.5, 0.6) is 0 Å². The van der Waals surface area contributed by atoms with E-state index in [1.54, 1.807) is 0 Å². The van der Waals surface area contributed by atoms with E-state index in [0.29, 0.717) is 12.1 Å². The SMILES string of the molecule is O=C(NCC1(Sc2ccccc2)CCOCC1)c1cccc(Br)c1. The number of benzene rings is 2. The first kappa shape index (κ1) is 17.5. The van der Waals surface area contributed by atoms with Crippen molar-refractivity contribution in [1.82, 2.24) is 5.32 Å². The first-order valence-electron chi connectivity index (χ1n) is 8.02. The van der Waals surface area contributed by atoms with E-state index in [1.165, 1.54) is 4.90 Å². The normalized spacial score (nSPS) is 16.5. The summed E-state index contributed by atoms with van der Waals surface area (Å²) in [7, 11) is 0. The van der Waals surface area contributed by atoms with Crippen LogP contribution in [0.2, 0.25) is 0 Å². The molecule has 1 heterocycles. The highest BCUT2D eigenvalue weighted by Crippen LogP contribution is 2.40. The van der Waals surface area contributed by atoms with Crippen molar-refractivity contribution >= 4 is 33.6 Å². The number of thioether (sulfide) groups is 1. The standard InChI is InChI=1S/C19H20BrNO2S/c20-16-6-4-5-15(13-16)18(22)21-14-19(9-11-23-12-10-19)24-17-7-2-1-3-8-17/h1-8,13H,9-12,14H2,(H,21,22). The molecule has 1 amide bonds. The Hall–Kier alpha value is -1.30. The third kappa shape index (κ3) is 4.62. The maximum absolute atomic E-state index is 12.5. The van der Waals surface area contributed by atoms with Gasteiger partial charge in [-0.05, 0) is 43.2 Å². The van der Waals surface area contributed by atoms with Gasteiger partial charge in [0.1, 0.15) is 0 Å². The molecule has 0 unspecified atom stereocenters. The second-order valence-corrected chi connectivity index (χ2v) is 8.36. The monoisotopic (exact) mass is 405 g/mol.